The Hall–Kier alpha value is -1.69. The number of thiophene rings is 1. The van der Waals surface area contributed by atoms with Gasteiger partial charge in [0.15, 0.2) is 0 Å². The van der Waals surface area contributed by atoms with Crippen LogP contribution in [0.5, 0.6) is 0 Å². The summed E-state index contributed by atoms with van der Waals surface area (Å²) in [5, 5.41) is 2.13. The van der Waals surface area contributed by atoms with Crippen molar-refractivity contribution in [1.82, 2.24) is 4.90 Å². The molecule has 1 unspecified atom stereocenters. The van der Waals surface area contributed by atoms with Gasteiger partial charge in [0.2, 0.25) is 5.91 Å². The van der Waals surface area contributed by atoms with Crippen molar-refractivity contribution in [2.24, 2.45) is 0 Å². The van der Waals surface area contributed by atoms with Crippen LogP contribution in [0, 0.1) is 0 Å². The quantitative estimate of drug-likeness (QED) is 0.719. The molecule has 1 fully saturated rings. The molecule has 5 heteroatoms. The zero-order chi connectivity index (χ0) is 19.4. The molecule has 2 heterocycles. The van der Waals surface area contributed by atoms with E-state index in [1.54, 1.807) is 18.4 Å². The lowest BCUT2D eigenvalue weighted by Gasteiger charge is -2.50. The molecule has 0 saturated carbocycles. The Balaban J connectivity index is 1.88. The van der Waals surface area contributed by atoms with E-state index in [1.807, 2.05) is 42.2 Å². The van der Waals surface area contributed by atoms with Crippen LogP contribution in [0.15, 0.2) is 47.8 Å². The molecule has 1 amide bonds. The molecular formula is C22H30N2O2S. The van der Waals surface area contributed by atoms with Crippen molar-refractivity contribution in [3.63, 3.8) is 0 Å². The fourth-order valence-electron chi connectivity index (χ4n) is 4.08. The number of piperidine rings is 1. The number of nitrogens with zero attached hydrogens (tertiary/aromatic N) is 2. The van der Waals surface area contributed by atoms with E-state index in [9.17, 15) is 4.79 Å². The van der Waals surface area contributed by atoms with Gasteiger partial charge in [0, 0.05) is 43.2 Å². The lowest BCUT2D eigenvalue weighted by Crippen LogP contribution is -2.63. The first kappa shape index (κ1) is 20.1. The number of para-hydroxylation sites is 1. The third-order valence-corrected chi connectivity index (χ3v) is 6.84. The van der Waals surface area contributed by atoms with E-state index in [0.717, 1.165) is 25.2 Å². The second kappa shape index (κ2) is 8.55. The first-order valence-corrected chi connectivity index (χ1v) is 10.6. The number of methoxy groups -OCH3 is 1. The van der Waals surface area contributed by atoms with E-state index in [1.165, 1.54) is 4.88 Å². The van der Waals surface area contributed by atoms with Gasteiger partial charge in [0.1, 0.15) is 0 Å². The number of amides is 1. The Bertz CT molecular complexity index is 734. The Morgan fingerprint density at radius 2 is 2.07 bits per heavy atom. The van der Waals surface area contributed by atoms with Crippen molar-refractivity contribution < 1.29 is 9.53 Å². The van der Waals surface area contributed by atoms with Crippen LogP contribution in [0.3, 0.4) is 0 Å². The lowest BCUT2D eigenvalue weighted by atomic mass is 9.86. The number of rotatable bonds is 6. The lowest BCUT2D eigenvalue weighted by molar-refractivity contribution is -0.123. The van der Waals surface area contributed by atoms with Crippen molar-refractivity contribution in [1.29, 1.82) is 0 Å². The van der Waals surface area contributed by atoms with Gasteiger partial charge in [-0.25, -0.2) is 0 Å². The van der Waals surface area contributed by atoms with Gasteiger partial charge in [-0.2, -0.15) is 0 Å². The number of hydrogen-bond acceptors (Lipinski definition) is 4. The fraction of sp³-hybridized carbons (Fsp3) is 0.500. The summed E-state index contributed by atoms with van der Waals surface area (Å²) < 4.78 is 6.05. The summed E-state index contributed by atoms with van der Waals surface area (Å²) in [5.74, 6) is 0.147. The highest BCUT2D eigenvalue weighted by Gasteiger charge is 2.45. The first-order valence-electron chi connectivity index (χ1n) is 9.70. The summed E-state index contributed by atoms with van der Waals surface area (Å²) in [7, 11) is 1.77. The van der Waals surface area contributed by atoms with Gasteiger partial charge in [0.05, 0.1) is 11.6 Å². The molecule has 0 N–H and O–H groups in total. The molecule has 2 aromatic rings. The number of ether oxygens (including phenoxy) is 1. The highest BCUT2D eigenvalue weighted by molar-refractivity contribution is 7.10. The van der Waals surface area contributed by atoms with Gasteiger partial charge in [-0.3, -0.25) is 9.69 Å². The summed E-state index contributed by atoms with van der Waals surface area (Å²) in [6.07, 6.45) is 1.38. The number of carbonyl (C=O) groups is 1. The Labute approximate surface area is 166 Å². The van der Waals surface area contributed by atoms with Crippen molar-refractivity contribution in [3.8, 4) is 0 Å². The molecule has 0 aliphatic carbocycles. The van der Waals surface area contributed by atoms with Gasteiger partial charge in [0.25, 0.3) is 0 Å². The highest BCUT2D eigenvalue weighted by Crippen LogP contribution is 2.36. The smallest absolute Gasteiger partial charge is 0.227 e. The Morgan fingerprint density at radius 1 is 1.33 bits per heavy atom. The minimum absolute atomic E-state index is 0.0177. The second-order valence-corrected chi connectivity index (χ2v) is 8.42. The minimum Gasteiger partial charge on any atom is -0.375 e. The van der Waals surface area contributed by atoms with Gasteiger partial charge < -0.3 is 9.64 Å². The molecule has 4 nitrogen and oxygen atoms in total. The molecule has 3 atom stereocenters. The van der Waals surface area contributed by atoms with Crippen LogP contribution in [-0.4, -0.2) is 42.6 Å². The zero-order valence-corrected chi connectivity index (χ0v) is 17.5. The largest absolute Gasteiger partial charge is 0.375 e. The van der Waals surface area contributed by atoms with Gasteiger partial charge in [-0.15, -0.1) is 11.3 Å². The second-order valence-electron chi connectivity index (χ2n) is 7.44. The maximum Gasteiger partial charge on any atom is 0.227 e. The van der Waals surface area contributed by atoms with Crippen LogP contribution in [0.25, 0.3) is 0 Å². The molecule has 0 radical (unpaired) electrons. The van der Waals surface area contributed by atoms with Crippen LogP contribution in [0.1, 0.15) is 44.5 Å². The number of likely N-dealkylation sites (tertiary alicyclic amines) is 1. The SMILES string of the molecule is CCC(=O)N(c1ccccc1)[C@@H]1CCN(C(C)c2cccs2)C[C@@]1(C)OC. The van der Waals surface area contributed by atoms with Gasteiger partial charge in [-0.1, -0.05) is 31.2 Å². The molecule has 1 aromatic heterocycles. The number of carbonyl (C=O) groups excluding carboxylic acids is 1. The molecular weight excluding hydrogens is 356 g/mol. The molecule has 1 aliphatic rings. The summed E-state index contributed by atoms with van der Waals surface area (Å²) >= 11 is 1.80. The van der Waals surface area contributed by atoms with E-state index in [-0.39, 0.29) is 11.9 Å². The first-order chi connectivity index (χ1) is 13.0. The fourth-order valence-corrected chi connectivity index (χ4v) is 4.90. The van der Waals surface area contributed by atoms with E-state index in [4.69, 9.17) is 4.74 Å². The molecule has 27 heavy (non-hydrogen) atoms. The molecule has 3 rings (SSSR count). The molecule has 0 bridgehead atoms. The Kier molecular flexibility index (Phi) is 6.35. The maximum atomic E-state index is 12.9. The predicted octanol–water partition coefficient (Wildman–Crippen LogP) is 4.73. The van der Waals surface area contributed by atoms with E-state index < -0.39 is 5.60 Å². The van der Waals surface area contributed by atoms with E-state index in [0.29, 0.717) is 12.5 Å². The average Bonchev–Trinajstić information content (AvgIpc) is 3.24. The average molecular weight is 387 g/mol. The predicted molar refractivity (Wildman–Crippen MR) is 112 cm³/mol. The van der Waals surface area contributed by atoms with Crippen LogP contribution in [0.2, 0.25) is 0 Å². The summed E-state index contributed by atoms with van der Waals surface area (Å²) in [6.45, 7) is 8.07. The third kappa shape index (κ3) is 4.10. The standard InChI is InChI=1S/C22H30N2O2S/c1-5-21(25)24(18-10-7-6-8-11-18)20-13-14-23(16-22(20,3)26-4)17(2)19-12-9-15-27-19/h6-12,15,17,20H,5,13-14,16H2,1-4H3/t17?,20-,22-/m1/s1. The Morgan fingerprint density at radius 3 is 2.67 bits per heavy atom. The van der Waals surface area contributed by atoms with Crippen molar-refractivity contribution >= 4 is 22.9 Å². The molecule has 0 spiro atoms. The third-order valence-electron chi connectivity index (χ3n) is 5.80. The van der Waals surface area contributed by atoms with Crippen LogP contribution in [-0.2, 0) is 9.53 Å². The molecule has 146 valence electrons. The normalized spacial score (nSPS) is 24.5. The van der Waals surface area contributed by atoms with Crippen LogP contribution in [0.4, 0.5) is 5.69 Å². The van der Waals surface area contributed by atoms with Crippen molar-refractivity contribution in [3.05, 3.63) is 52.7 Å². The summed E-state index contributed by atoms with van der Waals surface area (Å²) in [4.78, 5) is 18.7. The summed E-state index contributed by atoms with van der Waals surface area (Å²) in [6, 6.07) is 14.7. The molecule has 1 aliphatic heterocycles. The summed E-state index contributed by atoms with van der Waals surface area (Å²) in [5.41, 5.74) is 0.530. The van der Waals surface area contributed by atoms with Gasteiger partial charge in [-0.05, 0) is 43.8 Å². The van der Waals surface area contributed by atoms with Crippen LogP contribution >= 0.6 is 11.3 Å². The van der Waals surface area contributed by atoms with Crippen molar-refractivity contribution in [2.45, 2.75) is 51.3 Å². The van der Waals surface area contributed by atoms with E-state index in [2.05, 4.69) is 36.3 Å². The van der Waals surface area contributed by atoms with Crippen molar-refractivity contribution in [2.75, 3.05) is 25.1 Å². The monoisotopic (exact) mass is 386 g/mol. The topological polar surface area (TPSA) is 32.8 Å². The molecule has 1 aromatic carbocycles. The van der Waals surface area contributed by atoms with E-state index >= 15 is 0 Å². The number of benzene rings is 1. The maximum absolute atomic E-state index is 12.9. The highest BCUT2D eigenvalue weighted by atomic mass is 32.1. The minimum atomic E-state index is -0.426. The van der Waals surface area contributed by atoms with Crippen LogP contribution < -0.4 is 4.90 Å². The number of hydrogen-bond donors (Lipinski definition) is 0. The zero-order valence-electron chi connectivity index (χ0n) is 16.7. The molecule has 1 saturated heterocycles. The van der Waals surface area contributed by atoms with Gasteiger partial charge >= 0.3 is 0 Å². The number of anilines is 1.